The molecule has 1 amide bonds. The molecule has 2 heterocycles. The average molecular weight is 482 g/mol. The van der Waals surface area contributed by atoms with Crippen LogP contribution < -0.4 is 4.90 Å². The molecule has 0 radical (unpaired) electrons. The van der Waals surface area contributed by atoms with Crippen LogP contribution in [0.25, 0.3) is 12.2 Å². The van der Waals surface area contributed by atoms with Crippen molar-refractivity contribution in [2.45, 2.75) is 4.90 Å². The maximum atomic E-state index is 13.3. The van der Waals surface area contributed by atoms with Crippen molar-refractivity contribution in [3.8, 4) is 0 Å². The minimum atomic E-state index is -0.0341. The molecule has 168 valence electrons. The highest BCUT2D eigenvalue weighted by atomic mass is 32.2. The highest BCUT2D eigenvalue weighted by Crippen LogP contribution is 2.49. The van der Waals surface area contributed by atoms with Gasteiger partial charge in [-0.1, -0.05) is 84.6 Å². The zero-order valence-corrected chi connectivity index (χ0v) is 20.4. The number of amidine groups is 1. The second-order valence-corrected chi connectivity index (χ2v) is 9.81. The normalized spacial score (nSPS) is 18.9. The van der Waals surface area contributed by atoms with Gasteiger partial charge in [0, 0.05) is 18.5 Å². The summed E-state index contributed by atoms with van der Waals surface area (Å²) in [5.74, 6) is -0.0341. The van der Waals surface area contributed by atoms with Crippen LogP contribution in [0.4, 0.5) is 11.4 Å². The van der Waals surface area contributed by atoms with Crippen LogP contribution in [0.5, 0.6) is 0 Å². The van der Waals surface area contributed by atoms with E-state index in [9.17, 15) is 4.79 Å². The van der Waals surface area contributed by atoms with Crippen molar-refractivity contribution >= 4 is 58.1 Å². The molecule has 3 aromatic carbocycles. The lowest BCUT2D eigenvalue weighted by atomic mass is 10.1. The van der Waals surface area contributed by atoms with E-state index < -0.39 is 0 Å². The molecule has 0 aliphatic carbocycles. The molecular weight excluding hydrogens is 458 g/mol. The lowest BCUT2D eigenvalue weighted by molar-refractivity contribution is -0.121. The first-order valence-corrected chi connectivity index (χ1v) is 12.5. The van der Waals surface area contributed by atoms with Gasteiger partial charge in [-0.3, -0.25) is 9.69 Å². The third-order valence-electron chi connectivity index (χ3n) is 5.49. The van der Waals surface area contributed by atoms with Gasteiger partial charge < -0.3 is 4.90 Å². The third kappa shape index (κ3) is 4.47. The summed E-state index contributed by atoms with van der Waals surface area (Å²) in [5, 5.41) is 1.61. The van der Waals surface area contributed by atoms with E-state index in [0.29, 0.717) is 16.6 Å². The number of carbonyl (C=O) groups excluding carboxylic acids is 1. The fourth-order valence-electron chi connectivity index (χ4n) is 3.74. The molecule has 5 rings (SSSR count). The molecule has 4 nitrogen and oxygen atoms in total. The van der Waals surface area contributed by atoms with Gasteiger partial charge in [-0.15, -0.1) is 6.58 Å². The second-order valence-electron chi connectivity index (χ2n) is 7.80. The van der Waals surface area contributed by atoms with E-state index >= 15 is 0 Å². The summed E-state index contributed by atoms with van der Waals surface area (Å²) in [5.41, 5.74) is 4.17. The lowest BCUT2D eigenvalue weighted by Crippen LogP contribution is -2.29. The van der Waals surface area contributed by atoms with E-state index in [1.54, 1.807) is 22.7 Å². The molecule has 0 bridgehead atoms. The molecular formula is C28H23N3OS2. The van der Waals surface area contributed by atoms with E-state index in [0.717, 1.165) is 32.4 Å². The maximum absolute atomic E-state index is 13.3. The number of rotatable bonds is 5. The van der Waals surface area contributed by atoms with Crippen molar-refractivity contribution in [1.29, 1.82) is 0 Å². The summed E-state index contributed by atoms with van der Waals surface area (Å²) >= 11 is 3.05. The highest BCUT2D eigenvalue weighted by Gasteiger charge is 2.38. The van der Waals surface area contributed by atoms with Crippen LogP contribution in [0, 0.1) is 0 Å². The first kappa shape index (κ1) is 22.3. The van der Waals surface area contributed by atoms with Crippen LogP contribution in [0.3, 0.4) is 0 Å². The molecule has 1 fully saturated rings. The molecule has 0 unspecified atom stereocenters. The standard InChI is InChI=1S/C28H23N3OS2/c1-3-19-31-26(32)25(27-30(2)23-11-7-8-12-24(23)33-27)34-28(31)29-22-17-15-21(16-18-22)14-13-20-9-5-4-6-10-20/h3-18H,1,19H2,2H3/b14-13+,27-25+,29-28?. The Labute approximate surface area is 208 Å². The monoisotopic (exact) mass is 481 g/mol. The molecule has 0 atom stereocenters. The van der Waals surface area contributed by atoms with Crippen LogP contribution in [0.2, 0.25) is 0 Å². The Balaban J connectivity index is 1.40. The number of benzene rings is 3. The van der Waals surface area contributed by atoms with Gasteiger partial charge in [0.2, 0.25) is 0 Å². The largest absolute Gasteiger partial charge is 0.337 e. The fraction of sp³-hybridized carbons (Fsp3) is 0.0714. The Bertz CT molecular complexity index is 1330. The minimum absolute atomic E-state index is 0.0341. The molecule has 1 saturated heterocycles. The third-order valence-corrected chi connectivity index (χ3v) is 7.93. The van der Waals surface area contributed by atoms with Crippen molar-refractivity contribution in [2.75, 3.05) is 18.5 Å². The Morgan fingerprint density at radius 2 is 1.56 bits per heavy atom. The first-order valence-electron chi connectivity index (χ1n) is 10.9. The average Bonchev–Trinajstić information content (AvgIpc) is 3.36. The summed E-state index contributed by atoms with van der Waals surface area (Å²) in [6.07, 6.45) is 5.90. The van der Waals surface area contributed by atoms with Crippen molar-refractivity contribution in [1.82, 2.24) is 4.90 Å². The zero-order chi connectivity index (χ0) is 23.5. The Hall–Kier alpha value is -3.48. The van der Waals surface area contributed by atoms with E-state index in [2.05, 4.69) is 47.9 Å². The molecule has 0 saturated carbocycles. The molecule has 0 N–H and O–H groups in total. The molecule has 6 heteroatoms. The van der Waals surface area contributed by atoms with E-state index in [1.165, 1.54) is 11.8 Å². The Kier molecular flexibility index (Phi) is 6.43. The minimum Gasteiger partial charge on any atom is -0.337 e. The van der Waals surface area contributed by atoms with Gasteiger partial charge in [-0.05, 0) is 47.2 Å². The van der Waals surface area contributed by atoms with Crippen LogP contribution in [0.1, 0.15) is 11.1 Å². The zero-order valence-electron chi connectivity index (χ0n) is 18.7. The number of hydrogen-bond donors (Lipinski definition) is 0. The molecule has 0 aromatic heterocycles. The summed E-state index contributed by atoms with van der Waals surface area (Å²) in [6.45, 7) is 4.25. The SMILES string of the molecule is C=CCN1C(=O)/C(=C2\Sc3ccccc3N2C)SC1=Nc1ccc(/C=C/c2ccccc2)cc1. The predicted octanol–water partition coefficient (Wildman–Crippen LogP) is 7.02. The molecule has 2 aliphatic heterocycles. The van der Waals surface area contributed by atoms with Gasteiger partial charge in [0.05, 0.1) is 16.4 Å². The van der Waals surface area contributed by atoms with Gasteiger partial charge in [0.1, 0.15) is 4.91 Å². The number of fused-ring (bicyclic) bond motifs is 1. The molecule has 34 heavy (non-hydrogen) atoms. The maximum Gasteiger partial charge on any atom is 0.269 e. The number of aliphatic imine (C=N–C) groups is 1. The highest BCUT2D eigenvalue weighted by molar-refractivity contribution is 8.19. The number of nitrogens with zero attached hydrogens (tertiary/aromatic N) is 3. The predicted molar refractivity (Wildman–Crippen MR) is 146 cm³/mol. The van der Waals surface area contributed by atoms with Crippen molar-refractivity contribution in [3.05, 3.63) is 113 Å². The lowest BCUT2D eigenvalue weighted by Gasteiger charge is -2.15. The van der Waals surface area contributed by atoms with Gasteiger partial charge in [-0.25, -0.2) is 4.99 Å². The molecule has 3 aromatic rings. The summed E-state index contributed by atoms with van der Waals surface area (Å²) in [6, 6.07) is 26.4. The molecule has 0 spiro atoms. The van der Waals surface area contributed by atoms with Crippen LogP contribution in [-0.2, 0) is 4.79 Å². The Morgan fingerprint density at radius 1 is 0.882 bits per heavy atom. The van der Waals surface area contributed by atoms with E-state index in [-0.39, 0.29) is 5.91 Å². The summed E-state index contributed by atoms with van der Waals surface area (Å²) < 4.78 is 0. The number of thioether (sulfide) groups is 2. The smallest absolute Gasteiger partial charge is 0.269 e. The summed E-state index contributed by atoms with van der Waals surface area (Å²) in [4.78, 5) is 23.8. The number of anilines is 1. The number of para-hydroxylation sites is 1. The van der Waals surface area contributed by atoms with Crippen molar-refractivity contribution < 1.29 is 4.79 Å². The number of amides is 1. The van der Waals surface area contributed by atoms with Crippen molar-refractivity contribution in [2.24, 2.45) is 4.99 Å². The Morgan fingerprint density at radius 3 is 2.26 bits per heavy atom. The number of hydrogen-bond acceptors (Lipinski definition) is 5. The quantitative estimate of drug-likeness (QED) is 0.223. The van der Waals surface area contributed by atoms with Gasteiger partial charge in [-0.2, -0.15) is 0 Å². The van der Waals surface area contributed by atoms with Crippen molar-refractivity contribution in [3.63, 3.8) is 0 Å². The second kappa shape index (κ2) is 9.79. The first-order chi connectivity index (χ1) is 16.6. The number of carbonyl (C=O) groups is 1. The van der Waals surface area contributed by atoms with Crippen LogP contribution in [-0.4, -0.2) is 29.6 Å². The fourth-order valence-corrected chi connectivity index (χ4v) is 6.09. The topological polar surface area (TPSA) is 35.9 Å². The van der Waals surface area contributed by atoms with E-state index in [1.807, 2.05) is 61.6 Å². The van der Waals surface area contributed by atoms with Gasteiger partial charge >= 0.3 is 0 Å². The summed E-state index contributed by atoms with van der Waals surface area (Å²) in [7, 11) is 2.00. The van der Waals surface area contributed by atoms with Gasteiger partial charge in [0.15, 0.2) is 5.17 Å². The van der Waals surface area contributed by atoms with Gasteiger partial charge in [0.25, 0.3) is 5.91 Å². The van der Waals surface area contributed by atoms with E-state index in [4.69, 9.17) is 4.99 Å². The van der Waals surface area contributed by atoms with Crippen LogP contribution >= 0.6 is 23.5 Å². The molecule has 2 aliphatic rings. The van der Waals surface area contributed by atoms with Crippen LogP contribution in [0.15, 0.2) is 111 Å².